The minimum Gasteiger partial charge on any atom is -0.460 e. The van der Waals surface area contributed by atoms with E-state index in [2.05, 4.69) is 4.98 Å². The van der Waals surface area contributed by atoms with Gasteiger partial charge < -0.3 is 14.7 Å². The number of furan rings is 1. The monoisotopic (exact) mass is 225 g/mol. The summed E-state index contributed by atoms with van der Waals surface area (Å²) in [6.07, 6.45) is 0. The molecule has 0 saturated heterocycles. The highest BCUT2D eigenvalue weighted by Crippen LogP contribution is 2.28. The largest absolute Gasteiger partial charge is 0.460 e. The van der Waals surface area contributed by atoms with E-state index in [9.17, 15) is 0 Å². The third-order valence-electron chi connectivity index (χ3n) is 2.27. The zero-order valence-corrected chi connectivity index (χ0v) is 9.38. The van der Waals surface area contributed by atoms with Crippen molar-refractivity contribution in [2.45, 2.75) is 13.5 Å². The van der Waals surface area contributed by atoms with Crippen LogP contribution in [-0.4, -0.2) is 9.55 Å². The molecule has 2 aromatic heterocycles. The van der Waals surface area contributed by atoms with Crippen LogP contribution >= 0.6 is 11.6 Å². The van der Waals surface area contributed by atoms with Gasteiger partial charge in [0, 0.05) is 7.05 Å². The maximum atomic E-state index is 6.12. The Kier molecular flexibility index (Phi) is 2.54. The van der Waals surface area contributed by atoms with E-state index in [0.29, 0.717) is 23.2 Å². The average molecular weight is 226 g/mol. The first-order valence-electron chi connectivity index (χ1n) is 4.61. The molecule has 5 heteroatoms. The van der Waals surface area contributed by atoms with Crippen LogP contribution in [0.1, 0.15) is 11.6 Å². The number of hydrogen-bond donors (Lipinski definition) is 1. The third-order valence-corrected chi connectivity index (χ3v) is 2.71. The summed E-state index contributed by atoms with van der Waals surface area (Å²) in [7, 11) is 1.83. The molecule has 2 aromatic rings. The molecule has 0 radical (unpaired) electrons. The fourth-order valence-corrected chi connectivity index (χ4v) is 1.66. The molecule has 0 amide bonds. The van der Waals surface area contributed by atoms with Gasteiger partial charge in [-0.2, -0.15) is 0 Å². The standard InChI is InChI=1S/C10H12ClN3O/c1-6-3-4-7(15-6)9-10(11)14(2)8(5-12)13-9/h3-4H,5,12H2,1-2H3. The zero-order valence-electron chi connectivity index (χ0n) is 8.62. The second-order valence-corrected chi connectivity index (χ2v) is 3.70. The fraction of sp³-hybridized carbons (Fsp3) is 0.300. The fourth-order valence-electron chi connectivity index (χ4n) is 1.42. The summed E-state index contributed by atoms with van der Waals surface area (Å²) in [6.45, 7) is 2.24. The van der Waals surface area contributed by atoms with Crippen LogP contribution in [0.4, 0.5) is 0 Å². The summed E-state index contributed by atoms with van der Waals surface area (Å²) in [4.78, 5) is 4.32. The highest BCUT2D eigenvalue weighted by Gasteiger charge is 2.15. The van der Waals surface area contributed by atoms with Crippen LogP contribution in [0.15, 0.2) is 16.5 Å². The zero-order chi connectivity index (χ0) is 11.0. The van der Waals surface area contributed by atoms with E-state index >= 15 is 0 Å². The first-order chi connectivity index (χ1) is 7.13. The van der Waals surface area contributed by atoms with Crippen LogP contribution in [0, 0.1) is 6.92 Å². The maximum Gasteiger partial charge on any atom is 0.155 e. The summed E-state index contributed by atoms with van der Waals surface area (Å²) in [6, 6.07) is 3.73. The van der Waals surface area contributed by atoms with E-state index in [0.717, 1.165) is 11.6 Å². The Morgan fingerprint density at radius 3 is 2.73 bits per heavy atom. The van der Waals surface area contributed by atoms with Gasteiger partial charge in [-0.15, -0.1) is 0 Å². The molecule has 0 saturated carbocycles. The van der Waals surface area contributed by atoms with Crippen LogP contribution in [0.25, 0.3) is 11.5 Å². The molecule has 2 heterocycles. The van der Waals surface area contributed by atoms with Gasteiger partial charge in [0.1, 0.15) is 22.4 Å². The lowest BCUT2D eigenvalue weighted by Gasteiger charge is -1.96. The number of aryl methyl sites for hydroxylation is 1. The van der Waals surface area contributed by atoms with Gasteiger partial charge in [-0.1, -0.05) is 11.6 Å². The molecule has 0 fully saturated rings. The van der Waals surface area contributed by atoms with E-state index in [1.807, 2.05) is 26.1 Å². The minimum atomic E-state index is 0.357. The topological polar surface area (TPSA) is 57.0 Å². The van der Waals surface area contributed by atoms with Crippen molar-refractivity contribution in [1.29, 1.82) is 0 Å². The average Bonchev–Trinajstić information content (AvgIpc) is 2.74. The van der Waals surface area contributed by atoms with Crippen molar-refractivity contribution in [3.05, 3.63) is 28.9 Å². The van der Waals surface area contributed by atoms with Crippen molar-refractivity contribution in [2.75, 3.05) is 0 Å². The van der Waals surface area contributed by atoms with Crippen LogP contribution in [0.5, 0.6) is 0 Å². The molecule has 2 N–H and O–H groups in total. The van der Waals surface area contributed by atoms with Crippen molar-refractivity contribution in [3.8, 4) is 11.5 Å². The molecule has 0 unspecified atom stereocenters. The summed E-state index contributed by atoms with van der Waals surface area (Å²) in [5.74, 6) is 2.25. The predicted molar refractivity (Wildman–Crippen MR) is 58.5 cm³/mol. The Bertz CT molecular complexity index is 487. The normalized spacial score (nSPS) is 10.9. The molecule has 2 rings (SSSR count). The first kappa shape index (κ1) is 10.3. The Morgan fingerprint density at radius 2 is 2.27 bits per heavy atom. The van der Waals surface area contributed by atoms with Crippen molar-refractivity contribution < 1.29 is 4.42 Å². The van der Waals surface area contributed by atoms with Crippen molar-refractivity contribution in [1.82, 2.24) is 9.55 Å². The van der Waals surface area contributed by atoms with Gasteiger partial charge in [-0.25, -0.2) is 4.98 Å². The van der Waals surface area contributed by atoms with E-state index in [1.165, 1.54) is 0 Å². The van der Waals surface area contributed by atoms with Crippen LogP contribution in [0.3, 0.4) is 0 Å². The number of nitrogens with two attached hydrogens (primary N) is 1. The number of halogens is 1. The van der Waals surface area contributed by atoms with Crippen molar-refractivity contribution >= 4 is 11.6 Å². The van der Waals surface area contributed by atoms with E-state index in [4.69, 9.17) is 21.8 Å². The van der Waals surface area contributed by atoms with Gasteiger partial charge >= 0.3 is 0 Å². The summed E-state index contributed by atoms with van der Waals surface area (Å²) >= 11 is 6.12. The van der Waals surface area contributed by atoms with Crippen molar-refractivity contribution in [3.63, 3.8) is 0 Å². The lowest BCUT2D eigenvalue weighted by molar-refractivity contribution is 0.546. The van der Waals surface area contributed by atoms with Crippen LogP contribution < -0.4 is 5.73 Å². The summed E-state index contributed by atoms with van der Waals surface area (Å²) in [5, 5.41) is 0.546. The molecular formula is C10H12ClN3O. The maximum absolute atomic E-state index is 6.12. The van der Waals surface area contributed by atoms with Gasteiger partial charge in [0.05, 0.1) is 6.54 Å². The molecule has 4 nitrogen and oxygen atoms in total. The van der Waals surface area contributed by atoms with E-state index in [-0.39, 0.29) is 0 Å². The smallest absolute Gasteiger partial charge is 0.155 e. The number of imidazole rings is 1. The molecular weight excluding hydrogens is 214 g/mol. The number of rotatable bonds is 2. The van der Waals surface area contributed by atoms with Gasteiger partial charge in [0.2, 0.25) is 0 Å². The molecule has 15 heavy (non-hydrogen) atoms. The Labute approximate surface area is 92.7 Å². The second kappa shape index (κ2) is 3.72. The molecule has 0 aliphatic heterocycles. The molecule has 80 valence electrons. The van der Waals surface area contributed by atoms with E-state index in [1.54, 1.807) is 4.57 Å². The van der Waals surface area contributed by atoms with Gasteiger partial charge in [-0.05, 0) is 19.1 Å². The molecule has 0 spiro atoms. The third kappa shape index (κ3) is 1.66. The number of hydrogen-bond acceptors (Lipinski definition) is 3. The van der Waals surface area contributed by atoms with Gasteiger partial charge in [0.15, 0.2) is 5.76 Å². The lowest BCUT2D eigenvalue weighted by atomic mass is 10.3. The molecule has 0 aliphatic carbocycles. The van der Waals surface area contributed by atoms with E-state index < -0.39 is 0 Å². The summed E-state index contributed by atoms with van der Waals surface area (Å²) in [5.41, 5.74) is 6.19. The number of nitrogens with zero attached hydrogens (tertiary/aromatic N) is 2. The molecule has 0 bridgehead atoms. The first-order valence-corrected chi connectivity index (χ1v) is 4.99. The predicted octanol–water partition coefficient (Wildman–Crippen LogP) is 2.10. The minimum absolute atomic E-state index is 0.357. The molecule has 0 atom stereocenters. The molecule has 0 aromatic carbocycles. The Morgan fingerprint density at radius 1 is 1.53 bits per heavy atom. The summed E-state index contributed by atoms with van der Waals surface area (Å²) < 4.78 is 7.22. The van der Waals surface area contributed by atoms with Crippen LogP contribution in [-0.2, 0) is 13.6 Å². The highest BCUT2D eigenvalue weighted by molar-refractivity contribution is 6.32. The molecule has 0 aliphatic rings. The Hall–Kier alpha value is -1.26. The van der Waals surface area contributed by atoms with Gasteiger partial charge in [0.25, 0.3) is 0 Å². The highest BCUT2D eigenvalue weighted by atomic mass is 35.5. The Balaban J connectivity index is 2.53. The van der Waals surface area contributed by atoms with Crippen LogP contribution in [0.2, 0.25) is 5.15 Å². The lowest BCUT2D eigenvalue weighted by Crippen LogP contribution is -2.04. The number of aromatic nitrogens is 2. The quantitative estimate of drug-likeness (QED) is 0.852. The SMILES string of the molecule is Cc1ccc(-c2nc(CN)n(C)c2Cl)o1. The second-order valence-electron chi connectivity index (χ2n) is 3.34. The van der Waals surface area contributed by atoms with Crippen molar-refractivity contribution in [2.24, 2.45) is 12.8 Å². The van der Waals surface area contributed by atoms with Gasteiger partial charge in [-0.3, -0.25) is 0 Å².